The molecule has 0 saturated carbocycles. The Kier molecular flexibility index (Phi) is 4.94. The second-order valence-electron chi connectivity index (χ2n) is 5.22. The second-order valence-corrected chi connectivity index (χ2v) is 5.22. The fraction of sp³-hybridized carbons (Fsp3) is 0.278. The third-order valence-corrected chi connectivity index (χ3v) is 3.17. The fourth-order valence-corrected chi connectivity index (χ4v) is 2.00. The highest BCUT2D eigenvalue weighted by atomic mass is 16.5. The molecule has 0 saturated heterocycles. The van der Waals surface area contributed by atoms with Gasteiger partial charge in [-0.2, -0.15) is 0 Å². The SMILES string of the molecule is CC(C)c1cccc(OCC(=O)Cc2ccccc2)c1. The van der Waals surface area contributed by atoms with Gasteiger partial charge in [-0.15, -0.1) is 0 Å². The highest BCUT2D eigenvalue weighted by molar-refractivity contribution is 5.82. The lowest BCUT2D eigenvalue weighted by molar-refractivity contribution is -0.120. The summed E-state index contributed by atoms with van der Waals surface area (Å²) in [5.41, 5.74) is 2.25. The van der Waals surface area contributed by atoms with Crippen LogP contribution >= 0.6 is 0 Å². The molecule has 20 heavy (non-hydrogen) atoms. The van der Waals surface area contributed by atoms with E-state index in [9.17, 15) is 4.79 Å². The molecule has 2 heteroatoms. The fourth-order valence-electron chi connectivity index (χ4n) is 2.00. The Hall–Kier alpha value is -2.09. The molecule has 0 atom stereocenters. The van der Waals surface area contributed by atoms with Crippen molar-refractivity contribution in [1.29, 1.82) is 0 Å². The Labute approximate surface area is 120 Å². The zero-order chi connectivity index (χ0) is 14.4. The average molecular weight is 268 g/mol. The number of benzene rings is 2. The molecular formula is C18H20O2. The summed E-state index contributed by atoms with van der Waals surface area (Å²) < 4.78 is 5.58. The smallest absolute Gasteiger partial charge is 0.174 e. The maximum Gasteiger partial charge on any atom is 0.174 e. The summed E-state index contributed by atoms with van der Waals surface area (Å²) in [6, 6.07) is 17.7. The molecule has 104 valence electrons. The van der Waals surface area contributed by atoms with Crippen molar-refractivity contribution < 1.29 is 9.53 Å². The van der Waals surface area contributed by atoms with Gasteiger partial charge in [0.2, 0.25) is 0 Å². The molecule has 0 heterocycles. The van der Waals surface area contributed by atoms with E-state index in [1.165, 1.54) is 5.56 Å². The number of ketones is 1. The first-order valence-electron chi connectivity index (χ1n) is 6.93. The first kappa shape index (κ1) is 14.3. The van der Waals surface area contributed by atoms with Crippen molar-refractivity contribution in [1.82, 2.24) is 0 Å². The minimum atomic E-state index is 0.0890. The average Bonchev–Trinajstić information content (AvgIpc) is 2.46. The molecule has 2 nitrogen and oxygen atoms in total. The van der Waals surface area contributed by atoms with Crippen molar-refractivity contribution >= 4 is 5.78 Å². The minimum absolute atomic E-state index is 0.0890. The normalized spacial score (nSPS) is 10.6. The van der Waals surface area contributed by atoms with Crippen LogP contribution in [0.4, 0.5) is 0 Å². The molecule has 2 aromatic rings. The molecule has 2 aromatic carbocycles. The molecule has 0 spiro atoms. The molecule has 0 bridgehead atoms. The predicted octanol–water partition coefficient (Wildman–Crippen LogP) is 4.00. The topological polar surface area (TPSA) is 26.3 Å². The molecule has 0 aliphatic rings. The summed E-state index contributed by atoms with van der Waals surface area (Å²) in [6.07, 6.45) is 0.421. The van der Waals surface area contributed by atoms with Crippen molar-refractivity contribution in [3.8, 4) is 5.75 Å². The van der Waals surface area contributed by atoms with Gasteiger partial charge in [-0.1, -0.05) is 56.3 Å². The first-order valence-corrected chi connectivity index (χ1v) is 6.93. The van der Waals surface area contributed by atoms with Crippen molar-refractivity contribution in [3.63, 3.8) is 0 Å². The van der Waals surface area contributed by atoms with Crippen LogP contribution in [0.15, 0.2) is 54.6 Å². The van der Waals surface area contributed by atoms with E-state index in [2.05, 4.69) is 19.9 Å². The van der Waals surface area contributed by atoms with Crippen LogP contribution in [0.5, 0.6) is 5.75 Å². The van der Waals surface area contributed by atoms with Crippen LogP contribution in [0.2, 0.25) is 0 Å². The summed E-state index contributed by atoms with van der Waals surface area (Å²) in [7, 11) is 0. The van der Waals surface area contributed by atoms with Gasteiger partial charge in [-0.3, -0.25) is 4.79 Å². The molecule has 0 aromatic heterocycles. The lowest BCUT2D eigenvalue weighted by atomic mass is 10.0. The predicted molar refractivity (Wildman–Crippen MR) is 81.2 cm³/mol. The highest BCUT2D eigenvalue weighted by Crippen LogP contribution is 2.20. The third kappa shape index (κ3) is 4.23. The van der Waals surface area contributed by atoms with Crippen LogP contribution in [-0.2, 0) is 11.2 Å². The van der Waals surface area contributed by atoms with Crippen molar-refractivity contribution in [3.05, 3.63) is 65.7 Å². The van der Waals surface area contributed by atoms with Gasteiger partial charge in [0.05, 0.1) is 0 Å². The van der Waals surface area contributed by atoms with Crippen LogP contribution < -0.4 is 4.74 Å². The van der Waals surface area contributed by atoms with Crippen LogP contribution in [0.3, 0.4) is 0 Å². The van der Waals surface area contributed by atoms with Gasteiger partial charge in [-0.25, -0.2) is 0 Å². The highest BCUT2D eigenvalue weighted by Gasteiger charge is 2.06. The van der Waals surface area contributed by atoms with Crippen LogP contribution in [0.25, 0.3) is 0 Å². The van der Waals surface area contributed by atoms with E-state index in [1.807, 2.05) is 48.5 Å². The zero-order valence-corrected chi connectivity index (χ0v) is 12.0. The van der Waals surface area contributed by atoms with E-state index < -0.39 is 0 Å². The maximum atomic E-state index is 11.9. The first-order chi connectivity index (χ1) is 9.65. The van der Waals surface area contributed by atoms with Gasteiger partial charge < -0.3 is 4.74 Å². The number of ether oxygens (including phenoxy) is 1. The molecule has 0 aliphatic carbocycles. The Balaban J connectivity index is 1.89. The van der Waals surface area contributed by atoms with Crippen molar-refractivity contribution in [2.24, 2.45) is 0 Å². The van der Waals surface area contributed by atoms with E-state index in [-0.39, 0.29) is 12.4 Å². The molecule has 0 amide bonds. The monoisotopic (exact) mass is 268 g/mol. The van der Waals surface area contributed by atoms with Gasteiger partial charge in [-0.05, 0) is 29.2 Å². The van der Waals surface area contributed by atoms with Crippen LogP contribution in [-0.4, -0.2) is 12.4 Å². The van der Waals surface area contributed by atoms with Gasteiger partial charge in [0.25, 0.3) is 0 Å². The summed E-state index contributed by atoms with van der Waals surface area (Å²) in [5, 5.41) is 0. The second kappa shape index (κ2) is 6.90. The lowest BCUT2D eigenvalue weighted by Crippen LogP contribution is -2.13. The molecule has 0 radical (unpaired) electrons. The molecule has 2 rings (SSSR count). The Morgan fingerprint density at radius 3 is 2.50 bits per heavy atom. The van der Waals surface area contributed by atoms with E-state index in [0.717, 1.165) is 11.3 Å². The molecule has 0 fully saturated rings. The number of hydrogen-bond donors (Lipinski definition) is 0. The Morgan fingerprint density at radius 2 is 1.80 bits per heavy atom. The van der Waals surface area contributed by atoms with E-state index in [1.54, 1.807) is 0 Å². The van der Waals surface area contributed by atoms with Gasteiger partial charge in [0, 0.05) is 6.42 Å². The molecule has 0 N–H and O–H groups in total. The summed E-state index contributed by atoms with van der Waals surface area (Å²) >= 11 is 0. The Bertz CT molecular complexity index is 559. The quantitative estimate of drug-likeness (QED) is 0.791. The van der Waals surface area contributed by atoms with Gasteiger partial charge in [0.15, 0.2) is 5.78 Å². The summed E-state index contributed by atoms with van der Waals surface area (Å²) in [4.78, 5) is 11.9. The van der Waals surface area contributed by atoms with E-state index in [4.69, 9.17) is 4.74 Å². The number of carbonyl (C=O) groups excluding carboxylic acids is 1. The minimum Gasteiger partial charge on any atom is -0.486 e. The molecule has 0 unspecified atom stereocenters. The Morgan fingerprint density at radius 1 is 1.05 bits per heavy atom. The third-order valence-electron chi connectivity index (χ3n) is 3.17. The van der Waals surface area contributed by atoms with Crippen LogP contribution in [0.1, 0.15) is 30.9 Å². The number of hydrogen-bond acceptors (Lipinski definition) is 2. The van der Waals surface area contributed by atoms with E-state index >= 15 is 0 Å². The molecular weight excluding hydrogens is 248 g/mol. The number of carbonyl (C=O) groups is 1. The van der Waals surface area contributed by atoms with Gasteiger partial charge >= 0.3 is 0 Å². The number of rotatable bonds is 6. The molecule has 0 aliphatic heterocycles. The largest absolute Gasteiger partial charge is 0.486 e. The van der Waals surface area contributed by atoms with E-state index in [0.29, 0.717) is 12.3 Å². The number of Topliss-reactive ketones (excluding diaryl/α,β-unsaturated/α-hetero) is 1. The zero-order valence-electron chi connectivity index (χ0n) is 12.0. The van der Waals surface area contributed by atoms with Gasteiger partial charge in [0.1, 0.15) is 12.4 Å². The van der Waals surface area contributed by atoms with Crippen LogP contribution in [0, 0.1) is 0 Å². The maximum absolute atomic E-state index is 11.9. The van der Waals surface area contributed by atoms with Crippen molar-refractivity contribution in [2.75, 3.05) is 6.61 Å². The standard InChI is InChI=1S/C18H20O2/c1-14(2)16-9-6-10-18(12-16)20-13-17(19)11-15-7-4-3-5-8-15/h3-10,12,14H,11,13H2,1-2H3. The van der Waals surface area contributed by atoms with Crippen molar-refractivity contribution in [2.45, 2.75) is 26.2 Å². The summed E-state index contributed by atoms with van der Waals surface area (Å²) in [5.74, 6) is 1.31. The summed E-state index contributed by atoms with van der Waals surface area (Å²) in [6.45, 7) is 4.40. The lowest BCUT2D eigenvalue weighted by Gasteiger charge is -2.09.